The zero-order valence-corrected chi connectivity index (χ0v) is 11.4. The molecule has 0 spiro atoms. The summed E-state index contributed by atoms with van der Waals surface area (Å²) in [5, 5.41) is 2.96. The van der Waals surface area contributed by atoms with E-state index in [4.69, 9.17) is 0 Å². The molecular formula is C12H17F3N4O. The van der Waals surface area contributed by atoms with Crippen molar-refractivity contribution in [3.8, 4) is 0 Å². The molecule has 0 saturated carbocycles. The van der Waals surface area contributed by atoms with Gasteiger partial charge >= 0.3 is 6.18 Å². The second-order valence-corrected chi connectivity index (χ2v) is 4.15. The Balaban J connectivity index is 2.75. The average Bonchev–Trinajstić information content (AvgIpc) is 2.41. The predicted molar refractivity (Wildman–Crippen MR) is 68.4 cm³/mol. The highest BCUT2D eigenvalue weighted by Crippen LogP contribution is 2.17. The maximum atomic E-state index is 12.3. The van der Waals surface area contributed by atoms with Crippen LogP contribution >= 0.6 is 0 Å². The molecule has 0 saturated heterocycles. The lowest BCUT2D eigenvalue weighted by atomic mass is 10.3. The van der Waals surface area contributed by atoms with Crippen molar-refractivity contribution in [2.24, 2.45) is 0 Å². The Morgan fingerprint density at radius 2 is 2.00 bits per heavy atom. The van der Waals surface area contributed by atoms with Crippen molar-refractivity contribution in [1.29, 1.82) is 0 Å². The third kappa shape index (κ3) is 5.02. The summed E-state index contributed by atoms with van der Waals surface area (Å²) in [6.45, 7) is 2.83. The van der Waals surface area contributed by atoms with Crippen LogP contribution in [0.25, 0.3) is 0 Å². The number of aromatic nitrogens is 2. The number of rotatable bonds is 6. The van der Waals surface area contributed by atoms with Crippen LogP contribution in [0.5, 0.6) is 0 Å². The average molecular weight is 290 g/mol. The van der Waals surface area contributed by atoms with E-state index in [1.165, 1.54) is 19.3 Å². The quantitative estimate of drug-likeness (QED) is 0.873. The molecule has 0 bridgehead atoms. The lowest BCUT2D eigenvalue weighted by molar-refractivity contribution is -0.140. The highest BCUT2D eigenvalue weighted by atomic mass is 19.4. The van der Waals surface area contributed by atoms with Gasteiger partial charge in [-0.3, -0.25) is 4.79 Å². The summed E-state index contributed by atoms with van der Waals surface area (Å²) in [7, 11) is 0. The number of nitrogens with one attached hydrogen (secondary N) is 1. The molecule has 0 aliphatic heterocycles. The maximum absolute atomic E-state index is 12.3. The van der Waals surface area contributed by atoms with E-state index in [1.54, 1.807) is 0 Å². The summed E-state index contributed by atoms with van der Waals surface area (Å²) < 4.78 is 37.0. The van der Waals surface area contributed by atoms with Gasteiger partial charge in [0.15, 0.2) is 0 Å². The second-order valence-electron chi connectivity index (χ2n) is 4.15. The molecule has 8 heteroatoms. The van der Waals surface area contributed by atoms with Crippen molar-refractivity contribution in [3.05, 3.63) is 18.1 Å². The molecule has 0 aliphatic carbocycles. The maximum Gasteiger partial charge on any atom is 0.406 e. The Kier molecular flexibility index (Phi) is 5.72. The zero-order valence-electron chi connectivity index (χ0n) is 11.4. The van der Waals surface area contributed by atoms with Gasteiger partial charge in [0, 0.05) is 13.1 Å². The van der Waals surface area contributed by atoms with Crippen molar-refractivity contribution in [2.75, 3.05) is 25.0 Å². The summed E-state index contributed by atoms with van der Waals surface area (Å²) in [6.07, 6.45) is -1.01. The van der Waals surface area contributed by atoms with Gasteiger partial charge in [-0.25, -0.2) is 9.97 Å². The Morgan fingerprint density at radius 1 is 1.30 bits per heavy atom. The van der Waals surface area contributed by atoms with E-state index in [0.29, 0.717) is 17.3 Å². The van der Waals surface area contributed by atoms with Crippen LogP contribution in [0.2, 0.25) is 0 Å². The molecule has 5 nitrogen and oxygen atoms in total. The Bertz CT molecular complexity index is 433. The molecule has 1 aromatic rings. The number of carbonyl (C=O) groups excluding carboxylic acids is 1. The Labute approximate surface area is 115 Å². The number of hydrogen-bond donors (Lipinski definition) is 1. The highest BCUT2D eigenvalue weighted by Gasteiger charge is 2.33. The zero-order chi connectivity index (χ0) is 15.2. The molecule has 1 aromatic heterocycles. The molecule has 0 aromatic carbocycles. The summed E-state index contributed by atoms with van der Waals surface area (Å²) in [6, 6.07) is 0. The summed E-state index contributed by atoms with van der Waals surface area (Å²) in [5.74, 6) is -0.290. The minimum Gasteiger partial charge on any atom is -0.369 e. The third-order valence-electron chi connectivity index (χ3n) is 2.47. The van der Waals surface area contributed by atoms with Crippen LogP contribution in [0, 0.1) is 0 Å². The fourth-order valence-electron chi connectivity index (χ4n) is 1.49. The molecule has 1 rings (SSSR count). The standard InChI is InChI=1S/C12H17F3N4O/c1-3-5-16-10-7-17-9(6-18-10)11(20)19(4-2)8-12(13,14)15/h6-7H,3-5,8H2,1-2H3,(H,16,18). The minimum atomic E-state index is -4.43. The summed E-state index contributed by atoms with van der Waals surface area (Å²) in [5.41, 5.74) is -0.0989. The van der Waals surface area contributed by atoms with E-state index in [0.717, 1.165) is 6.42 Å². The van der Waals surface area contributed by atoms with Gasteiger partial charge in [-0.05, 0) is 13.3 Å². The lowest BCUT2D eigenvalue weighted by Crippen LogP contribution is -2.39. The summed E-state index contributed by atoms with van der Waals surface area (Å²) in [4.78, 5) is 20.4. The molecule has 1 N–H and O–H groups in total. The van der Waals surface area contributed by atoms with E-state index in [2.05, 4.69) is 15.3 Å². The number of anilines is 1. The van der Waals surface area contributed by atoms with Crippen molar-refractivity contribution < 1.29 is 18.0 Å². The molecule has 0 unspecified atom stereocenters. The van der Waals surface area contributed by atoms with Gasteiger partial charge in [0.25, 0.3) is 5.91 Å². The third-order valence-corrected chi connectivity index (χ3v) is 2.47. The molecule has 1 amide bonds. The first-order valence-electron chi connectivity index (χ1n) is 6.29. The van der Waals surface area contributed by atoms with Crippen LogP contribution in [0.1, 0.15) is 30.8 Å². The smallest absolute Gasteiger partial charge is 0.369 e. The van der Waals surface area contributed by atoms with Gasteiger partial charge < -0.3 is 10.2 Å². The first-order chi connectivity index (χ1) is 9.37. The molecule has 1 heterocycles. The second kappa shape index (κ2) is 7.06. The molecule has 0 radical (unpaired) electrons. The fourth-order valence-corrected chi connectivity index (χ4v) is 1.49. The van der Waals surface area contributed by atoms with Gasteiger partial charge in [-0.2, -0.15) is 13.2 Å². The number of halogens is 3. The topological polar surface area (TPSA) is 58.1 Å². The Morgan fingerprint density at radius 3 is 2.45 bits per heavy atom. The van der Waals surface area contributed by atoms with Crippen LogP contribution in [0.15, 0.2) is 12.4 Å². The van der Waals surface area contributed by atoms with Gasteiger partial charge in [-0.1, -0.05) is 6.92 Å². The van der Waals surface area contributed by atoms with Crippen LogP contribution in [-0.2, 0) is 0 Å². The number of hydrogen-bond acceptors (Lipinski definition) is 4. The lowest BCUT2D eigenvalue weighted by Gasteiger charge is -2.21. The number of amides is 1. The SMILES string of the molecule is CCCNc1cnc(C(=O)N(CC)CC(F)(F)F)cn1. The van der Waals surface area contributed by atoms with Gasteiger partial charge in [0.1, 0.15) is 18.1 Å². The number of alkyl halides is 3. The first-order valence-corrected chi connectivity index (χ1v) is 6.29. The van der Waals surface area contributed by atoms with E-state index in [9.17, 15) is 18.0 Å². The van der Waals surface area contributed by atoms with Crippen LogP contribution in [-0.4, -0.2) is 46.6 Å². The molecule has 0 aliphatic rings. The van der Waals surface area contributed by atoms with Crippen LogP contribution in [0.3, 0.4) is 0 Å². The van der Waals surface area contributed by atoms with Gasteiger partial charge in [0.05, 0.1) is 12.4 Å². The van der Waals surface area contributed by atoms with Crippen molar-refractivity contribution >= 4 is 11.7 Å². The van der Waals surface area contributed by atoms with E-state index >= 15 is 0 Å². The minimum absolute atomic E-state index is 0.0458. The normalized spacial score (nSPS) is 11.2. The predicted octanol–water partition coefficient (Wildman–Crippen LogP) is 2.32. The summed E-state index contributed by atoms with van der Waals surface area (Å²) >= 11 is 0. The van der Waals surface area contributed by atoms with Gasteiger partial charge in [0.2, 0.25) is 0 Å². The first kappa shape index (κ1) is 16.2. The fraction of sp³-hybridized carbons (Fsp3) is 0.583. The van der Waals surface area contributed by atoms with Crippen molar-refractivity contribution in [3.63, 3.8) is 0 Å². The monoisotopic (exact) mass is 290 g/mol. The highest BCUT2D eigenvalue weighted by molar-refractivity contribution is 5.92. The van der Waals surface area contributed by atoms with E-state index in [1.807, 2.05) is 6.92 Å². The molecule has 20 heavy (non-hydrogen) atoms. The van der Waals surface area contributed by atoms with E-state index in [-0.39, 0.29) is 12.2 Å². The van der Waals surface area contributed by atoms with Crippen LogP contribution < -0.4 is 5.32 Å². The Hall–Kier alpha value is -1.86. The molecule has 112 valence electrons. The number of nitrogens with zero attached hydrogens (tertiary/aromatic N) is 3. The van der Waals surface area contributed by atoms with Gasteiger partial charge in [-0.15, -0.1) is 0 Å². The number of carbonyl (C=O) groups is 1. The van der Waals surface area contributed by atoms with Crippen molar-refractivity contribution in [2.45, 2.75) is 26.4 Å². The van der Waals surface area contributed by atoms with E-state index < -0.39 is 18.6 Å². The largest absolute Gasteiger partial charge is 0.406 e. The molecule has 0 atom stereocenters. The molecule has 0 fully saturated rings. The van der Waals surface area contributed by atoms with Crippen molar-refractivity contribution in [1.82, 2.24) is 14.9 Å². The van der Waals surface area contributed by atoms with Crippen LogP contribution in [0.4, 0.5) is 19.0 Å². The molecular weight excluding hydrogens is 273 g/mol.